The van der Waals surface area contributed by atoms with E-state index >= 15 is 0 Å². The average molecular weight is 340 g/mol. The molecule has 6 heteroatoms. The van der Waals surface area contributed by atoms with Gasteiger partial charge in [-0.3, -0.25) is 9.59 Å². The standard InChI is InChI=1S/C14H14BrNO4/c1-20-10-5-8(4-9(15)6-10)7-16-13(17)11-2-3-12(11)14(18)19/h2-6,11-12H,7H2,1H3,(H,16,17)(H,18,19)/t11-,12+/m1/s1. The van der Waals surface area contributed by atoms with Gasteiger partial charge in [-0.05, 0) is 23.8 Å². The molecule has 0 fully saturated rings. The van der Waals surface area contributed by atoms with Gasteiger partial charge < -0.3 is 15.2 Å². The molecule has 1 aliphatic rings. The molecule has 106 valence electrons. The minimum atomic E-state index is -0.975. The van der Waals surface area contributed by atoms with Crippen molar-refractivity contribution in [2.24, 2.45) is 11.8 Å². The van der Waals surface area contributed by atoms with Crippen LogP contribution in [0.5, 0.6) is 5.75 Å². The van der Waals surface area contributed by atoms with Crippen LogP contribution in [-0.4, -0.2) is 24.1 Å². The lowest BCUT2D eigenvalue weighted by Crippen LogP contribution is -2.39. The van der Waals surface area contributed by atoms with E-state index in [1.165, 1.54) is 6.08 Å². The zero-order valence-electron chi connectivity index (χ0n) is 10.8. The summed E-state index contributed by atoms with van der Waals surface area (Å²) in [6.07, 6.45) is 3.13. The number of methoxy groups -OCH3 is 1. The van der Waals surface area contributed by atoms with Gasteiger partial charge in [0.25, 0.3) is 0 Å². The highest BCUT2D eigenvalue weighted by atomic mass is 79.9. The maximum Gasteiger partial charge on any atom is 0.311 e. The number of ether oxygens (including phenoxy) is 1. The Bertz CT molecular complexity index is 570. The van der Waals surface area contributed by atoms with Crippen molar-refractivity contribution in [2.75, 3.05) is 7.11 Å². The smallest absolute Gasteiger partial charge is 0.311 e. The Labute approximate surface area is 124 Å². The summed E-state index contributed by atoms with van der Waals surface area (Å²) in [7, 11) is 1.57. The molecule has 1 amide bonds. The molecule has 0 heterocycles. The van der Waals surface area contributed by atoms with Crippen LogP contribution in [0.3, 0.4) is 0 Å². The van der Waals surface area contributed by atoms with Crippen LogP contribution in [0, 0.1) is 11.8 Å². The van der Waals surface area contributed by atoms with Crippen molar-refractivity contribution < 1.29 is 19.4 Å². The van der Waals surface area contributed by atoms with Crippen LogP contribution in [0.15, 0.2) is 34.8 Å². The van der Waals surface area contributed by atoms with E-state index in [0.29, 0.717) is 12.3 Å². The number of carboxylic acid groups (broad SMARTS) is 1. The summed E-state index contributed by atoms with van der Waals surface area (Å²) in [5.41, 5.74) is 0.875. The van der Waals surface area contributed by atoms with E-state index in [1.807, 2.05) is 18.2 Å². The minimum absolute atomic E-state index is 0.279. The Morgan fingerprint density at radius 2 is 2.00 bits per heavy atom. The lowest BCUT2D eigenvalue weighted by Gasteiger charge is -2.24. The fourth-order valence-corrected chi connectivity index (χ4v) is 2.49. The Hall–Kier alpha value is -1.82. The Balaban J connectivity index is 1.96. The summed E-state index contributed by atoms with van der Waals surface area (Å²) in [4.78, 5) is 22.7. The first-order valence-corrected chi connectivity index (χ1v) is 6.83. The van der Waals surface area contributed by atoms with Gasteiger partial charge in [-0.1, -0.05) is 28.1 Å². The molecule has 0 unspecified atom stereocenters. The number of benzene rings is 1. The largest absolute Gasteiger partial charge is 0.497 e. The number of amides is 1. The molecule has 2 rings (SSSR count). The molecule has 2 N–H and O–H groups in total. The second-order valence-corrected chi connectivity index (χ2v) is 5.41. The van der Waals surface area contributed by atoms with Gasteiger partial charge in [-0.25, -0.2) is 0 Å². The van der Waals surface area contributed by atoms with Crippen molar-refractivity contribution in [3.63, 3.8) is 0 Å². The van der Waals surface area contributed by atoms with Gasteiger partial charge in [0, 0.05) is 11.0 Å². The van der Waals surface area contributed by atoms with E-state index < -0.39 is 17.8 Å². The SMILES string of the molecule is COc1cc(Br)cc(CNC(=O)[C@@H]2C=C[C@@H]2C(=O)O)c1. The molecule has 0 bridgehead atoms. The van der Waals surface area contributed by atoms with E-state index in [2.05, 4.69) is 21.2 Å². The molecule has 0 aromatic heterocycles. The van der Waals surface area contributed by atoms with Crippen LogP contribution < -0.4 is 10.1 Å². The maximum absolute atomic E-state index is 11.9. The Morgan fingerprint density at radius 3 is 2.55 bits per heavy atom. The minimum Gasteiger partial charge on any atom is -0.497 e. The lowest BCUT2D eigenvalue weighted by atomic mass is 9.81. The van der Waals surface area contributed by atoms with Crippen LogP contribution in [0.1, 0.15) is 5.56 Å². The number of aliphatic carboxylic acids is 1. The molecule has 1 aromatic carbocycles. The van der Waals surface area contributed by atoms with Crippen molar-refractivity contribution in [3.05, 3.63) is 40.4 Å². The quantitative estimate of drug-likeness (QED) is 0.804. The van der Waals surface area contributed by atoms with Gasteiger partial charge in [0.15, 0.2) is 0 Å². The number of carboxylic acids is 1. The molecule has 20 heavy (non-hydrogen) atoms. The van der Waals surface area contributed by atoms with Gasteiger partial charge in [0.05, 0.1) is 18.9 Å². The topological polar surface area (TPSA) is 75.6 Å². The van der Waals surface area contributed by atoms with Gasteiger partial charge in [0.1, 0.15) is 5.75 Å². The highest BCUT2D eigenvalue weighted by Crippen LogP contribution is 2.26. The third-order valence-electron chi connectivity index (χ3n) is 3.13. The van der Waals surface area contributed by atoms with Crippen LogP contribution in [0.25, 0.3) is 0 Å². The summed E-state index contributed by atoms with van der Waals surface area (Å²) >= 11 is 3.36. The van der Waals surface area contributed by atoms with E-state index in [9.17, 15) is 9.59 Å². The van der Waals surface area contributed by atoms with E-state index in [4.69, 9.17) is 9.84 Å². The summed E-state index contributed by atoms with van der Waals surface area (Å²) in [5, 5.41) is 11.6. The Kier molecular flexibility index (Phi) is 4.44. The lowest BCUT2D eigenvalue weighted by molar-refractivity contribution is -0.145. The predicted molar refractivity (Wildman–Crippen MR) is 76.3 cm³/mol. The van der Waals surface area contributed by atoms with Crippen molar-refractivity contribution in [1.29, 1.82) is 0 Å². The first-order chi connectivity index (χ1) is 9.51. The number of hydrogen-bond donors (Lipinski definition) is 2. The monoisotopic (exact) mass is 339 g/mol. The number of nitrogens with one attached hydrogen (secondary N) is 1. The average Bonchev–Trinajstić information content (AvgIpc) is 2.33. The molecule has 0 saturated carbocycles. The van der Waals surface area contributed by atoms with Crippen molar-refractivity contribution in [2.45, 2.75) is 6.54 Å². The van der Waals surface area contributed by atoms with Crippen LogP contribution >= 0.6 is 15.9 Å². The van der Waals surface area contributed by atoms with E-state index in [-0.39, 0.29) is 5.91 Å². The summed E-state index contributed by atoms with van der Waals surface area (Å²) in [5.74, 6) is -1.86. The summed E-state index contributed by atoms with van der Waals surface area (Å²) < 4.78 is 5.99. The molecule has 1 aliphatic carbocycles. The van der Waals surface area contributed by atoms with Gasteiger partial charge in [-0.15, -0.1) is 0 Å². The molecule has 1 aromatic rings. The molecule has 0 radical (unpaired) electrons. The molecular weight excluding hydrogens is 326 g/mol. The second-order valence-electron chi connectivity index (χ2n) is 4.49. The van der Waals surface area contributed by atoms with E-state index in [1.54, 1.807) is 13.2 Å². The fourth-order valence-electron chi connectivity index (χ4n) is 1.97. The third-order valence-corrected chi connectivity index (χ3v) is 3.59. The zero-order valence-corrected chi connectivity index (χ0v) is 12.4. The highest BCUT2D eigenvalue weighted by Gasteiger charge is 2.35. The maximum atomic E-state index is 11.9. The third kappa shape index (κ3) is 3.19. The fraction of sp³-hybridized carbons (Fsp3) is 0.286. The van der Waals surface area contributed by atoms with Crippen LogP contribution in [-0.2, 0) is 16.1 Å². The number of rotatable bonds is 5. The first kappa shape index (κ1) is 14.6. The molecule has 0 spiro atoms. The van der Waals surface area contributed by atoms with Crippen LogP contribution in [0.2, 0.25) is 0 Å². The van der Waals surface area contributed by atoms with Crippen molar-refractivity contribution in [1.82, 2.24) is 5.32 Å². The number of halogens is 1. The van der Waals surface area contributed by atoms with Crippen molar-refractivity contribution in [3.8, 4) is 5.75 Å². The van der Waals surface area contributed by atoms with Gasteiger partial charge in [0.2, 0.25) is 5.91 Å². The normalized spacial score (nSPS) is 20.1. The first-order valence-electron chi connectivity index (χ1n) is 6.03. The highest BCUT2D eigenvalue weighted by molar-refractivity contribution is 9.10. The van der Waals surface area contributed by atoms with Crippen LogP contribution in [0.4, 0.5) is 0 Å². The zero-order chi connectivity index (χ0) is 14.7. The summed E-state index contributed by atoms with van der Waals surface area (Å²) in [6.45, 7) is 0.325. The predicted octanol–water partition coefficient (Wildman–Crippen LogP) is 1.96. The summed E-state index contributed by atoms with van der Waals surface area (Å²) in [6, 6.07) is 5.50. The van der Waals surface area contributed by atoms with Crippen molar-refractivity contribution >= 4 is 27.8 Å². The number of carbonyl (C=O) groups excluding carboxylic acids is 1. The molecule has 2 atom stereocenters. The number of carbonyl (C=O) groups is 2. The number of hydrogen-bond acceptors (Lipinski definition) is 3. The van der Waals surface area contributed by atoms with Gasteiger partial charge in [-0.2, -0.15) is 0 Å². The molecule has 5 nitrogen and oxygen atoms in total. The Morgan fingerprint density at radius 1 is 1.30 bits per heavy atom. The molecule has 0 saturated heterocycles. The molecule has 0 aliphatic heterocycles. The van der Waals surface area contributed by atoms with Gasteiger partial charge >= 0.3 is 5.97 Å². The van der Waals surface area contributed by atoms with E-state index in [0.717, 1.165) is 10.0 Å². The molecular formula is C14H14BrNO4. The second kappa shape index (κ2) is 6.09.